The Labute approximate surface area is 132 Å². The maximum atomic E-state index is 12.0. The van der Waals surface area contributed by atoms with Crippen LogP contribution in [0.1, 0.15) is 73.5 Å². The second-order valence-corrected chi connectivity index (χ2v) is 6.77. The van der Waals surface area contributed by atoms with Crippen LogP contribution in [0.5, 0.6) is 0 Å². The fourth-order valence-electron chi connectivity index (χ4n) is 3.28. The van der Waals surface area contributed by atoms with E-state index < -0.39 is 0 Å². The number of nitrogens with one attached hydrogen (secondary N) is 1. The molecule has 0 bridgehead atoms. The van der Waals surface area contributed by atoms with Gasteiger partial charge in [0.2, 0.25) is 0 Å². The summed E-state index contributed by atoms with van der Waals surface area (Å²) in [4.78, 5) is 14.5. The van der Waals surface area contributed by atoms with Gasteiger partial charge in [-0.3, -0.25) is 4.79 Å². The van der Waals surface area contributed by atoms with E-state index in [9.17, 15) is 4.79 Å². The van der Waals surface area contributed by atoms with E-state index >= 15 is 0 Å². The Morgan fingerprint density at radius 1 is 1.32 bits per heavy atom. The van der Waals surface area contributed by atoms with Crippen molar-refractivity contribution in [2.24, 2.45) is 0 Å². The molecule has 3 rings (SSSR count). The first kappa shape index (κ1) is 15.5. The maximum absolute atomic E-state index is 12.0. The van der Waals surface area contributed by atoms with Crippen LogP contribution in [0.15, 0.2) is 10.6 Å². The Bertz CT molecular complexity index is 490. The second kappa shape index (κ2) is 7.27. The van der Waals surface area contributed by atoms with Crippen LogP contribution in [0.2, 0.25) is 0 Å². The number of amides is 1. The number of rotatable bonds is 7. The number of hydrogen-bond acceptors (Lipinski definition) is 4. The quantitative estimate of drug-likeness (QED) is 0.787. The van der Waals surface area contributed by atoms with Crippen molar-refractivity contribution in [1.82, 2.24) is 15.4 Å². The highest BCUT2D eigenvalue weighted by Gasteiger charge is 2.28. The molecule has 5 heteroatoms. The lowest BCUT2D eigenvalue weighted by Crippen LogP contribution is -2.35. The van der Waals surface area contributed by atoms with Gasteiger partial charge in [0.05, 0.1) is 0 Å². The first-order valence-corrected chi connectivity index (χ1v) is 8.69. The molecule has 1 aromatic heterocycles. The zero-order valence-electron chi connectivity index (χ0n) is 13.5. The standard InChI is InChI=1S/C17H27N3O2/c1-20(14-6-3-2-4-7-14)11-5-10-18-17(21)15-12-16(22-19-15)13-8-9-13/h12-14H,2-11H2,1H3,(H,18,21). The van der Waals surface area contributed by atoms with E-state index in [0.717, 1.165) is 37.6 Å². The molecule has 2 saturated carbocycles. The van der Waals surface area contributed by atoms with E-state index in [1.807, 2.05) is 0 Å². The molecule has 22 heavy (non-hydrogen) atoms. The molecular formula is C17H27N3O2. The van der Waals surface area contributed by atoms with E-state index in [1.165, 1.54) is 32.1 Å². The summed E-state index contributed by atoms with van der Waals surface area (Å²) in [5.74, 6) is 1.25. The predicted octanol–water partition coefficient (Wildman–Crippen LogP) is 2.94. The van der Waals surface area contributed by atoms with Crippen LogP contribution in [-0.4, -0.2) is 42.1 Å². The first-order chi connectivity index (χ1) is 10.7. The third-order valence-corrected chi connectivity index (χ3v) is 4.91. The molecular weight excluding hydrogens is 278 g/mol. The molecule has 122 valence electrons. The third kappa shape index (κ3) is 4.09. The van der Waals surface area contributed by atoms with Crippen molar-refractivity contribution in [2.45, 2.75) is 63.3 Å². The minimum atomic E-state index is -0.115. The molecule has 0 spiro atoms. The Morgan fingerprint density at radius 3 is 2.82 bits per heavy atom. The fourth-order valence-corrected chi connectivity index (χ4v) is 3.28. The molecule has 0 saturated heterocycles. The van der Waals surface area contributed by atoms with Crippen LogP contribution >= 0.6 is 0 Å². The normalized spacial score (nSPS) is 19.5. The molecule has 0 unspecified atom stereocenters. The van der Waals surface area contributed by atoms with E-state index in [-0.39, 0.29) is 5.91 Å². The molecule has 2 aliphatic carbocycles. The maximum Gasteiger partial charge on any atom is 0.273 e. The van der Waals surface area contributed by atoms with Gasteiger partial charge in [-0.2, -0.15) is 0 Å². The zero-order chi connectivity index (χ0) is 15.4. The SMILES string of the molecule is CN(CCCNC(=O)c1cc(C2CC2)on1)C1CCCCC1. The van der Waals surface area contributed by atoms with Crippen LogP contribution in [0.3, 0.4) is 0 Å². The largest absolute Gasteiger partial charge is 0.360 e. The second-order valence-electron chi connectivity index (χ2n) is 6.77. The van der Waals surface area contributed by atoms with Gasteiger partial charge in [0.1, 0.15) is 5.76 Å². The minimum Gasteiger partial charge on any atom is -0.360 e. The van der Waals surface area contributed by atoms with Crippen molar-refractivity contribution < 1.29 is 9.32 Å². The summed E-state index contributed by atoms with van der Waals surface area (Å²) < 4.78 is 5.21. The number of nitrogens with zero attached hydrogens (tertiary/aromatic N) is 2. The fraction of sp³-hybridized carbons (Fsp3) is 0.765. The van der Waals surface area contributed by atoms with Crippen LogP contribution in [0.4, 0.5) is 0 Å². The lowest BCUT2D eigenvalue weighted by Gasteiger charge is -2.31. The molecule has 5 nitrogen and oxygen atoms in total. The molecule has 2 aliphatic rings. The molecule has 1 heterocycles. The van der Waals surface area contributed by atoms with Crippen LogP contribution < -0.4 is 5.32 Å². The highest BCUT2D eigenvalue weighted by atomic mass is 16.5. The van der Waals surface area contributed by atoms with Crippen molar-refractivity contribution >= 4 is 5.91 Å². The molecule has 0 atom stereocenters. The van der Waals surface area contributed by atoms with E-state index in [4.69, 9.17) is 4.52 Å². The van der Waals surface area contributed by atoms with Gasteiger partial charge in [0, 0.05) is 24.6 Å². The number of aromatic nitrogens is 1. The van der Waals surface area contributed by atoms with Crippen molar-refractivity contribution in [1.29, 1.82) is 0 Å². The lowest BCUT2D eigenvalue weighted by molar-refractivity contribution is 0.0941. The smallest absolute Gasteiger partial charge is 0.273 e. The van der Waals surface area contributed by atoms with E-state index in [0.29, 0.717) is 18.2 Å². The van der Waals surface area contributed by atoms with Crippen molar-refractivity contribution in [2.75, 3.05) is 20.1 Å². The molecule has 1 aromatic rings. The van der Waals surface area contributed by atoms with Crippen LogP contribution in [0.25, 0.3) is 0 Å². The third-order valence-electron chi connectivity index (χ3n) is 4.91. The van der Waals surface area contributed by atoms with Crippen molar-refractivity contribution in [3.63, 3.8) is 0 Å². The molecule has 1 amide bonds. The molecule has 1 N–H and O–H groups in total. The highest BCUT2D eigenvalue weighted by molar-refractivity contribution is 5.92. The summed E-state index contributed by atoms with van der Waals surface area (Å²) >= 11 is 0. The van der Waals surface area contributed by atoms with Gasteiger partial charge in [-0.25, -0.2) is 0 Å². The number of carbonyl (C=O) groups excluding carboxylic acids is 1. The molecule has 2 fully saturated rings. The lowest BCUT2D eigenvalue weighted by atomic mass is 9.94. The molecule has 0 radical (unpaired) electrons. The summed E-state index contributed by atoms with van der Waals surface area (Å²) in [6.45, 7) is 1.73. The summed E-state index contributed by atoms with van der Waals surface area (Å²) in [6.07, 6.45) is 10.1. The van der Waals surface area contributed by atoms with Gasteiger partial charge in [-0.1, -0.05) is 24.4 Å². The zero-order valence-corrected chi connectivity index (χ0v) is 13.5. The van der Waals surface area contributed by atoms with Crippen molar-refractivity contribution in [3.8, 4) is 0 Å². The Hall–Kier alpha value is -1.36. The number of hydrogen-bond donors (Lipinski definition) is 1. The average molecular weight is 305 g/mol. The van der Waals surface area contributed by atoms with E-state index in [1.54, 1.807) is 6.07 Å². The van der Waals surface area contributed by atoms with Gasteiger partial charge in [-0.15, -0.1) is 0 Å². The number of carbonyl (C=O) groups is 1. The van der Waals surface area contributed by atoms with Gasteiger partial charge < -0.3 is 14.7 Å². The summed E-state index contributed by atoms with van der Waals surface area (Å²) in [5, 5.41) is 6.81. The first-order valence-electron chi connectivity index (χ1n) is 8.69. The summed E-state index contributed by atoms with van der Waals surface area (Å²) in [5.41, 5.74) is 0.419. The predicted molar refractivity (Wildman–Crippen MR) is 84.9 cm³/mol. The molecule has 0 aromatic carbocycles. The topological polar surface area (TPSA) is 58.4 Å². The minimum absolute atomic E-state index is 0.115. The summed E-state index contributed by atoms with van der Waals surface area (Å²) in [7, 11) is 2.21. The Balaban J connectivity index is 1.34. The van der Waals surface area contributed by atoms with Gasteiger partial charge in [0.15, 0.2) is 5.69 Å². The van der Waals surface area contributed by atoms with Gasteiger partial charge in [-0.05, 0) is 45.7 Å². The Kier molecular flexibility index (Phi) is 5.13. The average Bonchev–Trinajstić information content (AvgIpc) is 3.29. The van der Waals surface area contributed by atoms with Gasteiger partial charge in [0.25, 0.3) is 5.91 Å². The Morgan fingerprint density at radius 2 is 2.09 bits per heavy atom. The van der Waals surface area contributed by atoms with Crippen LogP contribution in [-0.2, 0) is 0 Å². The molecule has 0 aliphatic heterocycles. The monoisotopic (exact) mass is 305 g/mol. The van der Waals surface area contributed by atoms with Crippen molar-refractivity contribution in [3.05, 3.63) is 17.5 Å². The van der Waals surface area contributed by atoms with Crippen LogP contribution in [0, 0.1) is 0 Å². The summed E-state index contributed by atoms with van der Waals surface area (Å²) in [6, 6.07) is 2.53. The van der Waals surface area contributed by atoms with Gasteiger partial charge >= 0.3 is 0 Å². The van der Waals surface area contributed by atoms with E-state index in [2.05, 4.69) is 22.4 Å². The highest BCUT2D eigenvalue weighted by Crippen LogP contribution is 2.40.